The highest BCUT2D eigenvalue weighted by molar-refractivity contribution is 9.10. The first kappa shape index (κ1) is 10.8. The minimum absolute atomic E-state index is 0.635. The molecule has 82 valence electrons. The second kappa shape index (κ2) is 4.45. The summed E-state index contributed by atoms with van der Waals surface area (Å²) in [6, 6.07) is 0.635. The lowest BCUT2D eigenvalue weighted by atomic mass is 10.2. The van der Waals surface area contributed by atoms with Crippen LogP contribution in [0.2, 0.25) is 0 Å². The van der Waals surface area contributed by atoms with Crippen LogP contribution in [0.1, 0.15) is 6.42 Å². The maximum absolute atomic E-state index is 4.35. The number of anilines is 1. The zero-order valence-corrected chi connectivity index (χ0v) is 10.6. The number of hydrogen-bond acceptors (Lipinski definition) is 4. The van der Waals surface area contributed by atoms with Gasteiger partial charge in [-0.3, -0.25) is 0 Å². The van der Waals surface area contributed by atoms with Gasteiger partial charge in [0.15, 0.2) is 0 Å². The maximum Gasteiger partial charge on any atom is 0.147 e. The molecule has 0 spiro atoms. The molecule has 0 radical (unpaired) electrons. The van der Waals surface area contributed by atoms with Crippen LogP contribution in [0.15, 0.2) is 17.0 Å². The Balaban J connectivity index is 2.04. The highest BCUT2D eigenvalue weighted by Gasteiger charge is 2.24. The van der Waals surface area contributed by atoms with Crippen LogP contribution >= 0.6 is 15.9 Å². The summed E-state index contributed by atoms with van der Waals surface area (Å²) in [5.41, 5.74) is 0. The summed E-state index contributed by atoms with van der Waals surface area (Å²) in [6.45, 7) is 2.11. The Labute approximate surface area is 98.4 Å². The molecule has 2 rings (SSSR count). The van der Waals surface area contributed by atoms with Crippen molar-refractivity contribution in [3.63, 3.8) is 0 Å². The first-order valence-corrected chi connectivity index (χ1v) is 5.85. The molecule has 1 fully saturated rings. The normalized spacial score (nSPS) is 21.3. The van der Waals surface area contributed by atoms with Crippen molar-refractivity contribution in [2.75, 3.05) is 32.1 Å². The lowest BCUT2D eigenvalue weighted by molar-refractivity contribution is 0.315. The molecular weight excluding hydrogens is 256 g/mol. The lowest BCUT2D eigenvalue weighted by Crippen LogP contribution is -2.31. The molecular formula is C10H15BrN4. The van der Waals surface area contributed by atoms with Crippen molar-refractivity contribution < 1.29 is 0 Å². The van der Waals surface area contributed by atoms with Crippen LogP contribution in [0.4, 0.5) is 5.82 Å². The molecule has 0 bridgehead atoms. The van der Waals surface area contributed by atoms with Gasteiger partial charge in [-0.2, -0.15) is 0 Å². The Kier molecular flexibility index (Phi) is 3.21. The van der Waals surface area contributed by atoms with Crippen molar-refractivity contribution in [3.05, 3.63) is 17.0 Å². The monoisotopic (exact) mass is 270 g/mol. The number of likely N-dealkylation sites (N-methyl/N-ethyl adjacent to an activating group) is 1. The van der Waals surface area contributed by atoms with Gasteiger partial charge in [-0.25, -0.2) is 9.97 Å². The van der Waals surface area contributed by atoms with Crippen LogP contribution in [-0.4, -0.2) is 48.1 Å². The minimum Gasteiger partial charge on any atom is -0.354 e. The summed E-state index contributed by atoms with van der Waals surface area (Å²) in [7, 11) is 4.25. The summed E-state index contributed by atoms with van der Waals surface area (Å²) in [5.74, 6) is 0.975. The molecule has 0 aromatic carbocycles. The number of hydrogen-bond donors (Lipinski definition) is 0. The van der Waals surface area contributed by atoms with E-state index in [4.69, 9.17) is 0 Å². The van der Waals surface area contributed by atoms with E-state index < -0.39 is 0 Å². The largest absolute Gasteiger partial charge is 0.354 e. The molecule has 0 aliphatic carbocycles. The molecule has 5 heteroatoms. The smallest absolute Gasteiger partial charge is 0.147 e. The third-order valence-corrected chi connectivity index (χ3v) is 3.23. The van der Waals surface area contributed by atoms with Crippen molar-refractivity contribution in [1.82, 2.24) is 14.9 Å². The van der Waals surface area contributed by atoms with Gasteiger partial charge in [0, 0.05) is 19.1 Å². The van der Waals surface area contributed by atoms with E-state index in [0.29, 0.717) is 6.04 Å². The van der Waals surface area contributed by atoms with Gasteiger partial charge in [0.2, 0.25) is 0 Å². The molecule has 1 aliphatic heterocycles. The fourth-order valence-electron chi connectivity index (χ4n) is 1.84. The van der Waals surface area contributed by atoms with E-state index in [1.165, 1.54) is 6.42 Å². The Bertz CT molecular complexity index is 325. The zero-order chi connectivity index (χ0) is 10.8. The van der Waals surface area contributed by atoms with Crippen molar-refractivity contribution in [2.45, 2.75) is 12.5 Å². The van der Waals surface area contributed by atoms with E-state index >= 15 is 0 Å². The Morgan fingerprint density at radius 3 is 2.73 bits per heavy atom. The Hall–Kier alpha value is -0.680. The number of nitrogens with zero attached hydrogens (tertiary/aromatic N) is 4. The summed E-state index contributed by atoms with van der Waals surface area (Å²) >= 11 is 3.29. The summed E-state index contributed by atoms with van der Waals surface area (Å²) in [6.07, 6.45) is 4.77. The molecule has 0 N–H and O–H groups in total. The van der Waals surface area contributed by atoms with Gasteiger partial charge in [-0.05, 0) is 36.4 Å². The van der Waals surface area contributed by atoms with Gasteiger partial charge >= 0.3 is 0 Å². The minimum atomic E-state index is 0.635. The molecule has 1 aliphatic rings. The van der Waals surface area contributed by atoms with Gasteiger partial charge in [-0.15, -0.1) is 0 Å². The van der Waals surface area contributed by atoms with E-state index in [1.54, 1.807) is 6.20 Å². The van der Waals surface area contributed by atoms with Crippen molar-refractivity contribution in [1.29, 1.82) is 0 Å². The van der Waals surface area contributed by atoms with Gasteiger partial charge in [-0.1, -0.05) is 0 Å². The van der Waals surface area contributed by atoms with E-state index in [0.717, 1.165) is 23.5 Å². The molecule has 1 aromatic heterocycles. The van der Waals surface area contributed by atoms with Crippen molar-refractivity contribution in [3.8, 4) is 0 Å². The van der Waals surface area contributed by atoms with E-state index in [2.05, 4.69) is 49.8 Å². The van der Waals surface area contributed by atoms with Crippen LogP contribution in [0.5, 0.6) is 0 Å². The molecule has 1 saturated heterocycles. The van der Waals surface area contributed by atoms with Crippen molar-refractivity contribution in [2.24, 2.45) is 0 Å². The number of rotatable bonds is 2. The van der Waals surface area contributed by atoms with Gasteiger partial charge < -0.3 is 9.80 Å². The Morgan fingerprint density at radius 1 is 1.40 bits per heavy atom. The molecule has 0 saturated carbocycles. The topological polar surface area (TPSA) is 32.3 Å². The second-order valence-corrected chi connectivity index (χ2v) is 4.86. The predicted octanol–water partition coefficient (Wildman–Crippen LogP) is 1.38. The standard InChI is InChI=1S/C10H15BrN4/c1-14(2)8-3-4-15(7-8)10-6-12-9(11)5-13-10/h5-6,8H,3-4,7H2,1-2H3. The van der Waals surface area contributed by atoms with Crippen LogP contribution in [-0.2, 0) is 0 Å². The molecule has 15 heavy (non-hydrogen) atoms. The zero-order valence-electron chi connectivity index (χ0n) is 9.02. The molecule has 2 heterocycles. The van der Waals surface area contributed by atoms with Gasteiger partial charge in [0.1, 0.15) is 10.4 Å². The average Bonchev–Trinajstić information content (AvgIpc) is 2.68. The highest BCUT2D eigenvalue weighted by atomic mass is 79.9. The average molecular weight is 271 g/mol. The third-order valence-electron chi connectivity index (χ3n) is 2.82. The SMILES string of the molecule is CN(C)C1CCN(c2cnc(Br)cn2)C1. The predicted molar refractivity (Wildman–Crippen MR) is 64.0 cm³/mol. The first-order valence-electron chi connectivity index (χ1n) is 5.06. The summed E-state index contributed by atoms with van der Waals surface area (Å²) in [4.78, 5) is 13.1. The number of aromatic nitrogens is 2. The summed E-state index contributed by atoms with van der Waals surface area (Å²) < 4.78 is 0.787. The summed E-state index contributed by atoms with van der Waals surface area (Å²) in [5, 5.41) is 0. The molecule has 1 aromatic rings. The van der Waals surface area contributed by atoms with Gasteiger partial charge in [0.25, 0.3) is 0 Å². The van der Waals surface area contributed by atoms with Gasteiger partial charge in [0.05, 0.1) is 12.4 Å². The van der Waals surface area contributed by atoms with Crippen molar-refractivity contribution >= 4 is 21.7 Å². The van der Waals surface area contributed by atoms with Crippen LogP contribution in [0.3, 0.4) is 0 Å². The number of halogens is 1. The molecule has 1 unspecified atom stereocenters. The van der Waals surface area contributed by atoms with E-state index in [1.807, 2.05) is 6.20 Å². The van der Waals surface area contributed by atoms with E-state index in [9.17, 15) is 0 Å². The fraction of sp³-hybridized carbons (Fsp3) is 0.600. The van der Waals surface area contributed by atoms with Crippen LogP contribution in [0.25, 0.3) is 0 Å². The van der Waals surface area contributed by atoms with Crippen LogP contribution in [0, 0.1) is 0 Å². The molecule has 0 amide bonds. The van der Waals surface area contributed by atoms with E-state index in [-0.39, 0.29) is 0 Å². The molecule has 4 nitrogen and oxygen atoms in total. The second-order valence-electron chi connectivity index (χ2n) is 4.05. The fourth-order valence-corrected chi connectivity index (χ4v) is 2.04. The molecule has 1 atom stereocenters. The Morgan fingerprint density at radius 2 is 2.20 bits per heavy atom. The quantitative estimate of drug-likeness (QED) is 0.813. The van der Waals surface area contributed by atoms with Crippen LogP contribution < -0.4 is 4.90 Å². The highest BCUT2D eigenvalue weighted by Crippen LogP contribution is 2.19. The third kappa shape index (κ3) is 2.46. The lowest BCUT2D eigenvalue weighted by Gasteiger charge is -2.20. The first-order chi connectivity index (χ1) is 7.16. The maximum atomic E-state index is 4.35.